The van der Waals surface area contributed by atoms with Crippen molar-refractivity contribution < 1.29 is 23.8 Å². The van der Waals surface area contributed by atoms with Gasteiger partial charge in [-0.05, 0) is 63.1 Å². The van der Waals surface area contributed by atoms with Crippen molar-refractivity contribution in [2.45, 2.75) is 71.9 Å². The molecule has 1 heterocycles. The number of hydrogen-bond acceptors (Lipinski definition) is 6. The summed E-state index contributed by atoms with van der Waals surface area (Å²) in [6.45, 7) is 6.91. The van der Waals surface area contributed by atoms with Crippen molar-refractivity contribution in [1.82, 2.24) is 5.32 Å². The van der Waals surface area contributed by atoms with Crippen LogP contribution in [0.1, 0.15) is 56.7 Å². The number of ether oxygens (including phenoxy) is 1. The lowest BCUT2D eigenvalue weighted by molar-refractivity contribution is -0.309. The van der Waals surface area contributed by atoms with E-state index >= 15 is 0 Å². The summed E-state index contributed by atoms with van der Waals surface area (Å²) in [7, 11) is 0. The van der Waals surface area contributed by atoms with Gasteiger partial charge in [0.2, 0.25) is 0 Å². The van der Waals surface area contributed by atoms with E-state index in [1.54, 1.807) is 26.8 Å². The summed E-state index contributed by atoms with van der Waals surface area (Å²) in [6, 6.07) is 2.54. The first-order valence-corrected chi connectivity index (χ1v) is 10.5. The number of hydrogen-bond donors (Lipinski definition) is 1. The molecule has 0 saturated heterocycles. The normalized spacial score (nSPS) is 16.4. The molecule has 1 aromatic carbocycles. The van der Waals surface area contributed by atoms with E-state index in [1.165, 1.54) is 0 Å². The van der Waals surface area contributed by atoms with E-state index in [4.69, 9.17) is 9.15 Å². The number of nitrogens with one attached hydrogen (secondary N) is 1. The van der Waals surface area contributed by atoms with Crippen molar-refractivity contribution in [2.24, 2.45) is 5.92 Å². The highest BCUT2D eigenvalue weighted by Gasteiger charge is 2.25. The second-order valence-electron chi connectivity index (χ2n) is 8.07. The number of fused-ring (bicyclic) bond motifs is 3. The Hall–Kier alpha value is -2.83. The lowest BCUT2D eigenvalue weighted by Gasteiger charge is -2.27. The molecule has 2 aromatic rings. The molecule has 0 fully saturated rings. The third-order valence-electron chi connectivity index (χ3n) is 6.03. The molecule has 3 atom stereocenters. The molecule has 0 saturated carbocycles. The van der Waals surface area contributed by atoms with Crippen LogP contribution in [0.25, 0.3) is 11.0 Å². The maximum Gasteiger partial charge on any atom is 0.339 e. The van der Waals surface area contributed by atoms with E-state index in [2.05, 4.69) is 5.32 Å². The molecule has 7 nitrogen and oxygen atoms in total. The van der Waals surface area contributed by atoms with Gasteiger partial charge < -0.3 is 24.4 Å². The fourth-order valence-corrected chi connectivity index (χ4v) is 3.94. The third-order valence-corrected chi connectivity index (χ3v) is 6.03. The number of carbonyl (C=O) groups is 2. The van der Waals surface area contributed by atoms with E-state index in [0.717, 1.165) is 42.2 Å². The molecule has 1 aliphatic carbocycles. The Morgan fingerprint density at radius 2 is 1.87 bits per heavy atom. The fourth-order valence-electron chi connectivity index (χ4n) is 3.94. The molecular formula is C23H28NO6-. The van der Waals surface area contributed by atoms with E-state index < -0.39 is 24.0 Å². The van der Waals surface area contributed by atoms with Gasteiger partial charge in [0.1, 0.15) is 11.3 Å². The molecule has 30 heavy (non-hydrogen) atoms. The van der Waals surface area contributed by atoms with Crippen LogP contribution in [0.5, 0.6) is 5.75 Å². The highest BCUT2D eigenvalue weighted by atomic mass is 16.5. The molecule has 0 bridgehead atoms. The predicted molar refractivity (Wildman–Crippen MR) is 110 cm³/mol. The standard InChI is InChI=1S/C23H29NO6/c1-5-12(2)19(22(26)27)24-21(25)14(4)29-18-11-10-16-15-8-6-7-9-17(15)23(28)30-20(16)13(18)3/h10-12,14,19H,5-9H2,1-4H3,(H,24,25)(H,26,27)/p-1/t12-,14+,19-/m0/s1. The van der Waals surface area contributed by atoms with Gasteiger partial charge in [-0.3, -0.25) is 4.79 Å². The summed E-state index contributed by atoms with van der Waals surface area (Å²) in [5.74, 6) is -1.72. The van der Waals surface area contributed by atoms with Crippen LogP contribution in [0.3, 0.4) is 0 Å². The summed E-state index contributed by atoms with van der Waals surface area (Å²) >= 11 is 0. The molecule has 0 unspecified atom stereocenters. The first kappa shape index (κ1) is 21.9. The number of aliphatic carboxylic acids is 1. The van der Waals surface area contributed by atoms with Crippen molar-refractivity contribution in [2.75, 3.05) is 0 Å². The van der Waals surface area contributed by atoms with Gasteiger partial charge >= 0.3 is 5.63 Å². The smallest absolute Gasteiger partial charge is 0.339 e. The number of carboxylic acid groups (broad SMARTS) is 1. The van der Waals surface area contributed by atoms with Crippen molar-refractivity contribution in [3.63, 3.8) is 0 Å². The lowest BCUT2D eigenvalue weighted by atomic mass is 9.90. The molecule has 1 N–H and O–H groups in total. The number of benzene rings is 1. The molecule has 3 rings (SSSR count). The van der Waals surface area contributed by atoms with Crippen molar-refractivity contribution in [3.8, 4) is 5.75 Å². The van der Waals surface area contributed by atoms with Crippen molar-refractivity contribution in [1.29, 1.82) is 0 Å². The van der Waals surface area contributed by atoms with Gasteiger partial charge in [-0.25, -0.2) is 4.79 Å². The third kappa shape index (κ3) is 4.20. The number of aryl methyl sites for hydroxylation is 2. The van der Waals surface area contributed by atoms with Crippen molar-refractivity contribution in [3.05, 3.63) is 39.2 Å². The average Bonchev–Trinajstić information content (AvgIpc) is 2.73. The Bertz CT molecular complexity index is 1020. The Balaban J connectivity index is 1.85. The van der Waals surface area contributed by atoms with Crippen LogP contribution in [0, 0.1) is 12.8 Å². The lowest BCUT2D eigenvalue weighted by Crippen LogP contribution is -2.54. The second-order valence-corrected chi connectivity index (χ2v) is 8.07. The van der Waals surface area contributed by atoms with Crippen LogP contribution in [-0.2, 0) is 22.4 Å². The summed E-state index contributed by atoms with van der Waals surface area (Å²) in [5, 5.41) is 14.8. The first-order valence-electron chi connectivity index (χ1n) is 10.5. The van der Waals surface area contributed by atoms with Gasteiger partial charge in [0, 0.05) is 16.5 Å². The highest BCUT2D eigenvalue weighted by Crippen LogP contribution is 2.32. The summed E-state index contributed by atoms with van der Waals surface area (Å²) in [5.41, 5.74) is 2.59. The molecule has 162 valence electrons. The molecule has 0 spiro atoms. The Morgan fingerprint density at radius 3 is 2.50 bits per heavy atom. The number of amides is 1. The van der Waals surface area contributed by atoms with Gasteiger partial charge in [0.25, 0.3) is 5.91 Å². The van der Waals surface area contributed by atoms with Gasteiger partial charge in [0.05, 0.1) is 12.0 Å². The zero-order valence-electron chi connectivity index (χ0n) is 17.9. The monoisotopic (exact) mass is 414 g/mol. The Morgan fingerprint density at radius 1 is 1.20 bits per heavy atom. The van der Waals surface area contributed by atoms with Gasteiger partial charge in [0.15, 0.2) is 6.10 Å². The quantitative estimate of drug-likeness (QED) is 0.695. The highest BCUT2D eigenvalue weighted by molar-refractivity contribution is 5.87. The molecular weight excluding hydrogens is 386 g/mol. The predicted octanol–water partition coefficient (Wildman–Crippen LogP) is 2.03. The summed E-state index contributed by atoms with van der Waals surface area (Å²) < 4.78 is 11.4. The van der Waals surface area contributed by atoms with E-state index in [0.29, 0.717) is 23.3 Å². The van der Waals surface area contributed by atoms with Crippen LogP contribution in [0.15, 0.2) is 21.3 Å². The van der Waals surface area contributed by atoms with E-state index in [1.807, 2.05) is 13.0 Å². The maximum absolute atomic E-state index is 12.5. The van der Waals surface area contributed by atoms with Gasteiger partial charge in [-0.15, -0.1) is 0 Å². The number of carbonyl (C=O) groups excluding carboxylic acids is 2. The molecule has 0 aliphatic heterocycles. The topological polar surface area (TPSA) is 109 Å². The zero-order chi connectivity index (χ0) is 22.0. The van der Waals surface area contributed by atoms with E-state index in [9.17, 15) is 19.5 Å². The minimum Gasteiger partial charge on any atom is -0.548 e. The fraction of sp³-hybridized carbons (Fsp3) is 0.522. The summed E-state index contributed by atoms with van der Waals surface area (Å²) in [4.78, 5) is 36.3. The average molecular weight is 414 g/mol. The minimum atomic E-state index is -1.32. The summed E-state index contributed by atoms with van der Waals surface area (Å²) in [6.07, 6.45) is 3.25. The SMILES string of the molecule is CC[C@H](C)[C@H](NC(=O)[C@@H](C)Oc1ccc2c3c(c(=O)oc2c1C)CCCC3)C(=O)[O-]. The van der Waals surface area contributed by atoms with Crippen LogP contribution >= 0.6 is 0 Å². The van der Waals surface area contributed by atoms with Crippen LogP contribution < -0.4 is 20.8 Å². The molecule has 1 aliphatic rings. The van der Waals surface area contributed by atoms with Gasteiger partial charge in [-0.2, -0.15) is 0 Å². The zero-order valence-corrected chi connectivity index (χ0v) is 17.9. The first-order chi connectivity index (χ1) is 14.2. The van der Waals surface area contributed by atoms with Crippen LogP contribution in [-0.4, -0.2) is 24.0 Å². The Kier molecular flexibility index (Phi) is 6.48. The van der Waals surface area contributed by atoms with E-state index in [-0.39, 0.29) is 11.5 Å². The molecule has 7 heteroatoms. The van der Waals surface area contributed by atoms with Crippen LogP contribution in [0.4, 0.5) is 0 Å². The molecule has 1 amide bonds. The number of carboxylic acids is 1. The minimum absolute atomic E-state index is 0.269. The molecule has 0 radical (unpaired) electrons. The Labute approximate surface area is 175 Å². The largest absolute Gasteiger partial charge is 0.548 e. The van der Waals surface area contributed by atoms with Crippen molar-refractivity contribution >= 4 is 22.8 Å². The van der Waals surface area contributed by atoms with Gasteiger partial charge in [-0.1, -0.05) is 20.3 Å². The second kappa shape index (κ2) is 8.90. The number of rotatable bonds is 7. The van der Waals surface area contributed by atoms with Crippen LogP contribution in [0.2, 0.25) is 0 Å². The molecule has 1 aromatic heterocycles. The maximum atomic E-state index is 12.5.